The predicted molar refractivity (Wildman–Crippen MR) is 117 cm³/mol. The highest BCUT2D eigenvalue weighted by molar-refractivity contribution is 6.00. The van der Waals surface area contributed by atoms with Crippen molar-refractivity contribution in [3.05, 3.63) is 95.6 Å². The third kappa shape index (κ3) is 5.57. The minimum Gasteiger partial charge on any atom is -0.493 e. The number of rotatable bonds is 8. The molecule has 158 valence electrons. The number of anilines is 1. The van der Waals surface area contributed by atoms with E-state index in [2.05, 4.69) is 5.32 Å². The van der Waals surface area contributed by atoms with Crippen LogP contribution in [-0.4, -0.2) is 24.3 Å². The first-order valence-electron chi connectivity index (χ1n) is 9.89. The number of Topliss-reactive ketones (excluding diaryl/α,β-unsaturated/α-hetero) is 1. The summed E-state index contributed by atoms with van der Waals surface area (Å²) in [6.45, 7) is 3.65. The van der Waals surface area contributed by atoms with Crippen molar-refractivity contribution in [2.75, 3.05) is 11.9 Å². The Kier molecular flexibility index (Phi) is 7.17. The SMILES string of the molecule is CCOc1ccccc1C(=O)O[C@H](C(=O)Nc1cccc(C(C)=O)c1)c1ccccc1. The maximum absolute atomic E-state index is 13.1. The van der Waals surface area contributed by atoms with E-state index in [4.69, 9.17) is 9.47 Å². The number of ketones is 1. The van der Waals surface area contributed by atoms with Gasteiger partial charge in [0.25, 0.3) is 5.91 Å². The number of esters is 1. The van der Waals surface area contributed by atoms with E-state index < -0.39 is 18.0 Å². The van der Waals surface area contributed by atoms with Crippen molar-refractivity contribution < 1.29 is 23.9 Å². The van der Waals surface area contributed by atoms with E-state index in [1.165, 1.54) is 6.92 Å². The van der Waals surface area contributed by atoms with Crippen LogP contribution in [0.1, 0.15) is 46.2 Å². The van der Waals surface area contributed by atoms with Crippen molar-refractivity contribution in [1.82, 2.24) is 0 Å². The average molecular weight is 417 g/mol. The number of carbonyl (C=O) groups excluding carboxylic acids is 3. The van der Waals surface area contributed by atoms with Crippen LogP contribution in [0.25, 0.3) is 0 Å². The van der Waals surface area contributed by atoms with Gasteiger partial charge in [0.15, 0.2) is 5.78 Å². The Labute approximate surface area is 180 Å². The largest absolute Gasteiger partial charge is 0.493 e. The van der Waals surface area contributed by atoms with E-state index in [9.17, 15) is 14.4 Å². The van der Waals surface area contributed by atoms with Crippen LogP contribution in [0.5, 0.6) is 5.75 Å². The summed E-state index contributed by atoms with van der Waals surface area (Å²) in [6.07, 6.45) is -1.19. The summed E-state index contributed by atoms with van der Waals surface area (Å²) >= 11 is 0. The number of hydrogen-bond acceptors (Lipinski definition) is 5. The van der Waals surface area contributed by atoms with Crippen LogP contribution < -0.4 is 10.1 Å². The molecule has 0 radical (unpaired) electrons. The second-order valence-electron chi connectivity index (χ2n) is 6.75. The Morgan fingerprint density at radius 3 is 2.32 bits per heavy atom. The highest BCUT2D eigenvalue weighted by Crippen LogP contribution is 2.25. The standard InChI is InChI=1S/C25H23NO5/c1-3-30-22-15-8-7-14-21(22)25(29)31-23(18-10-5-4-6-11-18)24(28)26-20-13-9-12-19(16-20)17(2)27/h4-16,23H,3H2,1-2H3,(H,26,28)/t23-/m0/s1. The van der Waals surface area contributed by atoms with Crippen LogP contribution >= 0.6 is 0 Å². The molecule has 0 aliphatic rings. The Morgan fingerprint density at radius 2 is 1.61 bits per heavy atom. The molecule has 3 rings (SSSR count). The molecule has 0 saturated heterocycles. The Balaban J connectivity index is 1.87. The molecular formula is C25H23NO5. The normalized spacial score (nSPS) is 11.3. The second kappa shape index (κ2) is 10.2. The van der Waals surface area contributed by atoms with E-state index >= 15 is 0 Å². The molecule has 3 aromatic rings. The van der Waals surface area contributed by atoms with E-state index in [1.807, 2.05) is 6.92 Å². The number of ether oxygens (including phenoxy) is 2. The molecule has 0 spiro atoms. The number of para-hydroxylation sites is 1. The first kappa shape index (κ1) is 21.8. The van der Waals surface area contributed by atoms with Crippen LogP contribution in [0.4, 0.5) is 5.69 Å². The summed E-state index contributed by atoms with van der Waals surface area (Å²) in [6, 6.07) is 22.0. The van der Waals surface area contributed by atoms with Gasteiger partial charge in [-0.1, -0.05) is 54.6 Å². The molecular weight excluding hydrogens is 394 g/mol. The summed E-state index contributed by atoms with van der Waals surface area (Å²) in [7, 11) is 0. The lowest BCUT2D eigenvalue weighted by molar-refractivity contribution is -0.125. The van der Waals surface area contributed by atoms with E-state index in [0.29, 0.717) is 29.2 Å². The molecule has 1 N–H and O–H groups in total. The zero-order valence-electron chi connectivity index (χ0n) is 17.3. The zero-order chi connectivity index (χ0) is 22.2. The lowest BCUT2D eigenvalue weighted by atomic mass is 10.1. The van der Waals surface area contributed by atoms with Crippen molar-refractivity contribution in [2.24, 2.45) is 0 Å². The van der Waals surface area contributed by atoms with E-state index in [0.717, 1.165) is 0 Å². The average Bonchev–Trinajstić information content (AvgIpc) is 2.78. The van der Waals surface area contributed by atoms with Crippen LogP contribution in [-0.2, 0) is 9.53 Å². The number of amides is 1. The molecule has 0 fully saturated rings. The van der Waals surface area contributed by atoms with Crippen LogP contribution in [0.15, 0.2) is 78.9 Å². The maximum Gasteiger partial charge on any atom is 0.343 e. The van der Waals surface area contributed by atoms with Crippen molar-refractivity contribution in [3.63, 3.8) is 0 Å². The Morgan fingerprint density at radius 1 is 0.903 bits per heavy atom. The van der Waals surface area contributed by atoms with Crippen LogP contribution in [0.3, 0.4) is 0 Å². The molecule has 6 nitrogen and oxygen atoms in total. The second-order valence-corrected chi connectivity index (χ2v) is 6.75. The molecule has 0 aromatic heterocycles. The van der Waals surface area contributed by atoms with Gasteiger partial charge < -0.3 is 14.8 Å². The highest BCUT2D eigenvalue weighted by atomic mass is 16.6. The first-order valence-corrected chi connectivity index (χ1v) is 9.89. The van der Waals surface area contributed by atoms with Gasteiger partial charge in [-0.2, -0.15) is 0 Å². The predicted octanol–water partition coefficient (Wildman–Crippen LogP) is 4.82. The molecule has 1 amide bonds. The van der Waals surface area contributed by atoms with Gasteiger partial charge in [0.1, 0.15) is 11.3 Å². The number of benzene rings is 3. The number of carbonyl (C=O) groups is 3. The van der Waals surface area contributed by atoms with E-state index in [1.54, 1.807) is 78.9 Å². The number of hydrogen-bond donors (Lipinski definition) is 1. The molecule has 0 heterocycles. The third-order valence-corrected chi connectivity index (χ3v) is 4.51. The molecule has 0 bridgehead atoms. The van der Waals surface area contributed by atoms with Gasteiger partial charge in [0, 0.05) is 16.8 Å². The molecule has 0 saturated carbocycles. The highest BCUT2D eigenvalue weighted by Gasteiger charge is 2.27. The third-order valence-electron chi connectivity index (χ3n) is 4.51. The van der Waals surface area contributed by atoms with Gasteiger partial charge in [-0.3, -0.25) is 9.59 Å². The molecule has 6 heteroatoms. The van der Waals surface area contributed by atoms with E-state index in [-0.39, 0.29) is 11.3 Å². The summed E-state index contributed by atoms with van der Waals surface area (Å²) in [5, 5.41) is 2.73. The molecule has 0 unspecified atom stereocenters. The van der Waals surface area contributed by atoms with Gasteiger partial charge in [0.2, 0.25) is 6.10 Å². The van der Waals surface area contributed by atoms with Crippen LogP contribution in [0, 0.1) is 0 Å². The minimum absolute atomic E-state index is 0.116. The van der Waals surface area contributed by atoms with Crippen LogP contribution in [0.2, 0.25) is 0 Å². The monoisotopic (exact) mass is 417 g/mol. The number of nitrogens with one attached hydrogen (secondary N) is 1. The zero-order valence-corrected chi connectivity index (χ0v) is 17.3. The van der Waals surface area contributed by atoms with Crippen molar-refractivity contribution in [2.45, 2.75) is 20.0 Å². The molecule has 1 atom stereocenters. The smallest absolute Gasteiger partial charge is 0.343 e. The van der Waals surface area contributed by atoms with Gasteiger partial charge in [-0.05, 0) is 38.1 Å². The summed E-state index contributed by atoms with van der Waals surface area (Å²) in [5.74, 6) is -0.939. The van der Waals surface area contributed by atoms with Gasteiger partial charge in [-0.25, -0.2) is 4.79 Å². The van der Waals surface area contributed by atoms with Gasteiger partial charge >= 0.3 is 5.97 Å². The Bertz CT molecular complexity index is 1080. The molecule has 3 aromatic carbocycles. The van der Waals surface area contributed by atoms with Gasteiger partial charge in [-0.15, -0.1) is 0 Å². The molecule has 31 heavy (non-hydrogen) atoms. The Hall–Kier alpha value is -3.93. The molecule has 0 aliphatic carbocycles. The fourth-order valence-electron chi connectivity index (χ4n) is 3.01. The lowest BCUT2D eigenvalue weighted by Crippen LogP contribution is -2.26. The maximum atomic E-state index is 13.1. The summed E-state index contributed by atoms with van der Waals surface area (Å²) in [4.78, 5) is 37.6. The minimum atomic E-state index is -1.19. The topological polar surface area (TPSA) is 81.7 Å². The van der Waals surface area contributed by atoms with Crippen molar-refractivity contribution in [3.8, 4) is 5.75 Å². The lowest BCUT2D eigenvalue weighted by Gasteiger charge is -2.19. The fourth-order valence-corrected chi connectivity index (χ4v) is 3.01. The summed E-state index contributed by atoms with van der Waals surface area (Å²) < 4.78 is 11.1. The van der Waals surface area contributed by atoms with Crippen molar-refractivity contribution in [1.29, 1.82) is 0 Å². The van der Waals surface area contributed by atoms with Gasteiger partial charge in [0.05, 0.1) is 6.61 Å². The quantitative estimate of drug-likeness (QED) is 0.420. The molecule has 0 aliphatic heterocycles. The first-order chi connectivity index (χ1) is 15.0. The fraction of sp³-hybridized carbons (Fsp3) is 0.160. The van der Waals surface area contributed by atoms with Crippen molar-refractivity contribution >= 4 is 23.3 Å². The summed E-state index contributed by atoms with van der Waals surface area (Å²) in [5.41, 5.74) is 1.66.